The first kappa shape index (κ1) is 18.1. The monoisotopic (exact) mass is 378 g/mol. The zero-order valence-electron chi connectivity index (χ0n) is 17.0. The maximum atomic E-state index is 13.1. The SMILES string of the molecule is Cc1ccc(C)c2c1=CC(CCNC(=O)C13CC4CC(CC(C4)C1)C3)C(=O)N=2. The number of hydrogen-bond donors (Lipinski definition) is 1. The summed E-state index contributed by atoms with van der Waals surface area (Å²) in [5, 5.41) is 5.10. The predicted octanol–water partition coefficient (Wildman–Crippen LogP) is 2.58. The van der Waals surface area contributed by atoms with Gasteiger partial charge in [0.15, 0.2) is 0 Å². The van der Waals surface area contributed by atoms with E-state index in [0.717, 1.165) is 58.7 Å². The second-order valence-electron chi connectivity index (χ2n) is 9.93. The van der Waals surface area contributed by atoms with Crippen LogP contribution in [0.15, 0.2) is 17.1 Å². The van der Waals surface area contributed by atoms with Crippen molar-refractivity contribution < 1.29 is 9.59 Å². The second-order valence-corrected chi connectivity index (χ2v) is 9.93. The lowest BCUT2D eigenvalue weighted by molar-refractivity contribution is -0.146. The summed E-state index contributed by atoms with van der Waals surface area (Å²) < 4.78 is 0. The van der Waals surface area contributed by atoms with Gasteiger partial charge in [-0.25, -0.2) is 4.99 Å². The number of carbonyl (C=O) groups is 2. The molecule has 6 rings (SSSR count). The fourth-order valence-corrected chi connectivity index (χ4v) is 6.77. The largest absolute Gasteiger partial charge is 0.356 e. The molecular weight excluding hydrogens is 348 g/mol. The number of nitrogens with one attached hydrogen (secondary N) is 1. The number of rotatable bonds is 4. The Morgan fingerprint density at radius 3 is 2.32 bits per heavy atom. The lowest BCUT2D eigenvalue weighted by atomic mass is 9.49. The fraction of sp³-hybridized carbons (Fsp3) is 0.625. The molecule has 1 unspecified atom stereocenters. The minimum absolute atomic E-state index is 0.0785. The molecule has 0 aromatic heterocycles. The van der Waals surface area contributed by atoms with Crippen LogP contribution < -0.4 is 15.9 Å². The van der Waals surface area contributed by atoms with Gasteiger partial charge in [0.2, 0.25) is 5.91 Å². The molecule has 4 nitrogen and oxygen atoms in total. The maximum Gasteiger partial charge on any atom is 0.253 e. The van der Waals surface area contributed by atoms with E-state index in [0.29, 0.717) is 13.0 Å². The van der Waals surface area contributed by atoms with Crippen molar-refractivity contribution in [3.63, 3.8) is 0 Å². The number of carbonyl (C=O) groups excluding carboxylic acids is 2. The standard InChI is InChI=1S/C24H30N2O2/c1-14-3-4-15(2)21-20(14)10-19(22(27)26-21)5-6-25-23(28)24-11-16-7-17(12-24)9-18(8-16)13-24/h3-4,10,16-19H,5-9,11-13H2,1-2H3,(H,25,28). The maximum absolute atomic E-state index is 13.1. The number of hydrogen-bond acceptors (Lipinski definition) is 2. The van der Waals surface area contributed by atoms with Crippen LogP contribution in [0.3, 0.4) is 0 Å². The van der Waals surface area contributed by atoms with Gasteiger partial charge in [-0.15, -0.1) is 0 Å². The van der Waals surface area contributed by atoms with Gasteiger partial charge >= 0.3 is 0 Å². The first-order chi connectivity index (χ1) is 13.4. The third kappa shape index (κ3) is 2.92. The molecule has 0 spiro atoms. The molecule has 1 aromatic carbocycles. The van der Waals surface area contributed by atoms with E-state index >= 15 is 0 Å². The molecule has 0 saturated heterocycles. The lowest BCUT2D eigenvalue weighted by Crippen LogP contribution is -2.53. The van der Waals surface area contributed by atoms with Crippen molar-refractivity contribution >= 4 is 17.9 Å². The molecule has 148 valence electrons. The summed E-state index contributed by atoms with van der Waals surface area (Å²) in [5.41, 5.74) is 2.08. The minimum atomic E-state index is -0.232. The Morgan fingerprint density at radius 1 is 1.07 bits per heavy atom. The number of nitrogens with zero attached hydrogens (tertiary/aromatic N) is 1. The molecule has 4 aliphatic carbocycles. The van der Waals surface area contributed by atoms with Crippen molar-refractivity contribution in [1.29, 1.82) is 0 Å². The summed E-state index contributed by atoms with van der Waals surface area (Å²) in [6.45, 7) is 4.62. The Balaban J connectivity index is 1.26. The van der Waals surface area contributed by atoms with Crippen molar-refractivity contribution in [3.05, 3.63) is 33.8 Å². The van der Waals surface area contributed by atoms with Crippen LogP contribution in [0.2, 0.25) is 0 Å². The molecule has 1 N–H and O–H groups in total. The topological polar surface area (TPSA) is 58.5 Å². The molecule has 4 heteroatoms. The molecular formula is C24H30N2O2. The highest BCUT2D eigenvalue weighted by molar-refractivity contribution is 5.87. The van der Waals surface area contributed by atoms with Gasteiger partial charge in [-0.3, -0.25) is 9.59 Å². The van der Waals surface area contributed by atoms with E-state index in [1.165, 1.54) is 19.3 Å². The Labute approximate surface area is 166 Å². The van der Waals surface area contributed by atoms with E-state index in [2.05, 4.69) is 29.4 Å². The summed E-state index contributed by atoms with van der Waals surface area (Å²) in [6.07, 6.45) is 9.98. The van der Waals surface area contributed by atoms with Gasteiger partial charge in [-0.05, 0) is 87.7 Å². The molecule has 28 heavy (non-hydrogen) atoms. The molecule has 1 heterocycles. The van der Waals surface area contributed by atoms with Crippen LogP contribution in [0.1, 0.15) is 56.1 Å². The van der Waals surface area contributed by atoms with Crippen LogP contribution in [0, 0.1) is 42.9 Å². The van der Waals surface area contributed by atoms with E-state index in [1.807, 2.05) is 13.0 Å². The molecule has 0 radical (unpaired) electrons. The van der Waals surface area contributed by atoms with Crippen molar-refractivity contribution in [2.24, 2.45) is 34.1 Å². The van der Waals surface area contributed by atoms with E-state index < -0.39 is 0 Å². The van der Waals surface area contributed by atoms with Crippen LogP contribution in [0.4, 0.5) is 0 Å². The quantitative estimate of drug-likeness (QED) is 0.875. The summed E-state index contributed by atoms with van der Waals surface area (Å²) in [5.74, 6) is 2.25. The van der Waals surface area contributed by atoms with E-state index in [-0.39, 0.29) is 23.1 Å². The number of amides is 2. The third-order valence-electron chi connectivity index (χ3n) is 7.80. The van der Waals surface area contributed by atoms with Crippen molar-refractivity contribution in [2.45, 2.75) is 58.8 Å². The van der Waals surface area contributed by atoms with Crippen molar-refractivity contribution in [3.8, 4) is 0 Å². The van der Waals surface area contributed by atoms with Crippen molar-refractivity contribution in [2.75, 3.05) is 6.54 Å². The highest BCUT2D eigenvalue weighted by atomic mass is 16.2. The Bertz CT molecular complexity index is 926. The molecule has 4 bridgehead atoms. The Morgan fingerprint density at radius 2 is 1.68 bits per heavy atom. The Hall–Kier alpha value is -1.97. The lowest BCUT2D eigenvalue weighted by Gasteiger charge is -2.55. The smallest absolute Gasteiger partial charge is 0.253 e. The average molecular weight is 379 g/mol. The van der Waals surface area contributed by atoms with E-state index in [9.17, 15) is 9.59 Å². The zero-order valence-corrected chi connectivity index (χ0v) is 17.0. The fourth-order valence-electron chi connectivity index (χ4n) is 6.77. The normalized spacial score (nSPS) is 35.1. The number of aryl methyl sites for hydroxylation is 2. The summed E-state index contributed by atoms with van der Waals surface area (Å²) in [6, 6.07) is 4.10. The third-order valence-corrected chi connectivity index (χ3v) is 7.80. The Kier molecular flexibility index (Phi) is 4.22. The molecule has 4 saturated carbocycles. The minimum Gasteiger partial charge on any atom is -0.356 e. The summed E-state index contributed by atoms with van der Waals surface area (Å²) >= 11 is 0. The van der Waals surface area contributed by atoms with Gasteiger partial charge in [-0.1, -0.05) is 18.2 Å². The van der Waals surface area contributed by atoms with E-state index in [1.54, 1.807) is 0 Å². The molecule has 1 aromatic rings. The van der Waals surface area contributed by atoms with Gasteiger partial charge < -0.3 is 5.32 Å². The highest BCUT2D eigenvalue weighted by Crippen LogP contribution is 2.60. The second kappa shape index (κ2) is 6.53. The molecule has 4 fully saturated rings. The van der Waals surface area contributed by atoms with Gasteiger partial charge in [0.1, 0.15) is 0 Å². The first-order valence-corrected chi connectivity index (χ1v) is 10.9. The van der Waals surface area contributed by atoms with Crippen molar-refractivity contribution in [1.82, 2.24) is 5.32 Å². The van der Waals surface area contributed by atoms with Gasteiger partial charge in [-0.2, -0.15) is 0 Å². The van der Waals surface area contributed by atoms with Gasteiger partial charge in [0.05, 0.1) is 11.3 Å². The number of fused-ring (bicyclic) bond motifs is 1. The van der Waals surface area contributed by atoms with Crippen LogP contribution in [-0.4, -0.2) is 18.4 Å². The highest BCUT2D eigenvalue weighted by Gasteiger charge is 2.54. The van der Waals surface area contributed by atoms with Crippen LogP contribution in [0.5, 0.6) is 0 Å². The van der Waals surface area contributed by atoms with Gasteiger partial charge in [0, 0.05) is 17.2 Å². The summed E-state index contributed by atoms with van der Waals surface area (Å²) in [7, 11) is 0. The first-order valence-electron chi connectivity index (χ1n) is 10.9. The van der Waals surface area contributed by atoms with Crippen LogP contribution in [0.25, 0.3) is 6.08 Å². The zero-order chi connectivity index (χ0) is 19.5. The average Bonchev–Trinajstić information content (AvgIpc) is 2.64. The molecule has 1 aliphatic heterocycles. The van der Waals surface area contributed by atoms with E-state index in [4.69, 9.17) is 0 Å². The van der Waals surface area contributed by atoms with Crippen LogP contribution >= 0.6 is 0 Å². The molecule has 1 atom stereocenters. The summed E-state index contributed by atoms with van der Waals surface area (Å²) in [4.78, 5) is 30.0. The van der Waals surface area contributed by atoms with Crippen LogP contribution in [-0.2, 0) is 9.59 Å². The number of benzene rings is 1. The molecule has 5 aliphatic rings. The van der Waals surface area contributed by atoms with Gasteiger partial charge in [0.25, 0.3) is 5.91 Å². The predicted molar refractivity (Wildman–Crippen MR) is 108 cm³/mol. The molecule has 2 amide bonds.